The van der Waals surface area contributed by atoms with E-state index in [0.717, 1.165) is 25.8 Å². The molecule has 3 rings (SSSR count). The molecule has 174 valence electrons. The first-order valence-electron chi connectivity index (χ1n) is 10.9. The van der Waals surface area contributed by atoms with Crippen molar-refractivity contribution in [1.82, 2.24) is 10.2 Å². The van der Waals surface area contributed by atoms with Gasteiger partial charge in [-0.05, 0) is 52.8 Å². The van der Waals surface area contributed by atoms with Crippen molar-refractivity contribution in [3.8, 4) is 0 Å². The highest BCUT2D eigenvalue weighted by Crippen LogP contribution is 2.41. The fourth-order valence-electron chi connectivity index (χ4n) is 5.04. The van der Waals surface area contributed by atoms with Gasteiger partial charge in [-0.25, -0.2) is 0 Å². The van der Waals surface area contributed by atoms with E-state index in [9.17, 15) is 9.90 Å². The molecule has 1 amide bonds. The van der Waals surface area contributed by atoms with E-state index >= 15 is 0 Å². The first-order valence-corrected chi connectivity index (χ1v) is 12.7. The number of fused-ring (bicyclic) bond motifs is 1. The van der Waals surface area contributed by atoms with Gasteiger partial charge < -0.3 is 24.6 Å². The van der Waals surface area contributed by atoms with Gasteiger partial charge >= 0.3 is 0 Å². The molecule has 3 heterocycles. The van der Waals surface area contributed by atoms with Crippen molar-refractivity contribution in [2.75, 3.05) is 19.8 Å². The van der Waals surface area contributed by atoms with E-state index < -0.39 is 41.7 Å². The third-order valence-corrected chi connectivity index (χ3v) is 7.54. The molecule has 0 unspecified atom stereocenters. The summed E-state index contributed by atoms with van der Waals surface area (Å²) in [5, 5.41) is 13.5. The van der Waals surface area contributed by atoms with Gasteiger partial charge in [-0.3, -0.25) is 9.69 Å². The van der Waals surface area contributed by atoms with Crippen molar-refractivity contribution in [3.63, 3.8) is 0 Å². The van der Waals surface area contributed by atoms with Crippen molar-refractivity contribution in [3.05, 3.63) is 0 Å². The van der Waals surface area contributed by atoms with Crippen LogP contribution in [0.1, 0.15) is 47.0 Å². The summed E-state index contributed by atoms with van der Waals surface area (Å²) in [4.78, 5) is 15.3. The third kappa shape index (κ3) is 5.11. The van der Waals surface area contributed by atoms with Crippen LogP contribution in [0.4, 0.5) is 0 Å². The van der Waals surface area contributed by atoms with E-state index in [-0.39, 0.29) is 17.3 Å². The van der Waals surface area contributed by atoms with Crippen LogP contribution in [-0.2, 0) is 19.0 Å². The van der Waals surface area contributed by atoms with Crippen LogP contribution in [0.2, 0.25) is 0 Å². The maximum atomic E-state index is 13.2. The summed E-state index contributed by atoms with van der Waals surface area (Å²) in [6.45, 7) is 8.61. The fraction of sp³-hybridized carbons (Fsp3) is 0.952. The van der Waals surface area contributed by atoms with Gasteiger partial charge in [-0.15, -0.1) is 23.4 Å². The van der Waals surface area contributed by atoms with E-state index in [0.29, 0.717) is 5.92 Å². The number of hydrogen-bond acceptors (Lipinski definition) is 7. The molecule has 3 saturated heterocycles. The Kier molecular flexibility index (Phi) is 8.03. The quantitative estimate of drug-likeness (QED) is 0.559. The smallest absolute Gasteiger partial charge is 0.237 e. The number of thioether (sulfide) groups is 1. The molecular formula is C21H37ClN2O5S. The minimum absolute atomic E-state index is 0.0289. The van der Waals surface area contributed by atoms with E-state index in [1.807, 2.05) is 34.1 Å². The standard InChI is InChI=1S/C21H37ClN2O5S/c1-7-8-12-9-13(24(5)10-12)19(26)23-14(11(2)22)16-18-17(28-21(3,4)29-18)15(25)20(27-16)30-6/h11-18,20,25H,7-10H2,1-6H3,(H,23,26)/t11-,12-,13-,14-,15-,16-,17-,18+,20-/m1/s1. The second-order valence-corrected chi connectivity index (χ2v) is 10.9. The summed E-state index contributed by atoms with van der Waals surface area (Å²) in [5.74, 6) is -0.325. The number of nitrogens with zero attached hydrogens (tertiary/aromatic N) is 1. The molecule has 30 heavy (non-hydrogen) atoms. The van der Waals surface area contributed by atoms with Gasteiger partial charge in [0.2, 0.25) is 5.91 Å². The average molecular weight is 465 g/mol. The molecule has 0 radical (unpaired) electrons. The summed E-state index contributed by atoms with van der Waals surface area (Å²) < 4.78 is 18.3. The van der Waals surface area contributed by atoms with Crippen molar-refractivity contribution in [2.45, 2.75) is 100 Å². The normalized spacial score (nSPS) is 40.7. The molecule has 3 aliphatic heterocycles. The Balaban J connectivity index is 1.77. The van der Waals surface area contributed by atoms with Crippen LogP contribution in [0.5, 0.6) is 0 Å². The fourth-order valence-corrected chi connectivity index (χ4v) is 5.91. The Morgan fingerprint density at radius 2 is 2.03 bits per heavy atom. The summed E-state index contributed by atoms with van der Waals surface area (Å²) in [5.41, 5.74) is -0.480. The van der Waals surface area contributed by atoms with Crippen LogP contribution in [0, 0.1) is 5.92 Å². The largest absolute Gasteiger partial charge is 0.387 e. The second-order valence-electron chi connectivity index (χ2n) is 9.32. The number of ether oxygens (including phenoxy) is 3. The predicted octanol–water partition coefficient (Wildman–Crippen LogP) is 2.19. The van der Waals surface area contributed by atoms with Gasteiger partial charge in [0.05, 0.1) is 17.5 Å². The number of rotatable bonds is 7. The highest BCUT2D eigenvalue weighted by Gasteiger charge is 2.57. The number of nitrogens with one attached hydrogen (secondary N) is 1. The lowest BCUT2D eigenvalue weighted by Crippen LogP contribution is -2.64. The summed E-state index contributed by atoms with van der Waals surface area (Å²) in [7, 11) is 2.00. The number of halogens is 1. The maximum Gasteiger partial charge on any atom is 0.237 e. The topological polar surface area (TPSA) is 80.3 Å². The minimum Gasteiger partial charge on any atom is -0.387 e. The Hall–Kier alpha value is -0.0900. The molecule has 7 nitrogen and oxygen atoms in total. The van der Waals surface area contributed by atoms with Crippen LogP contribution in [0.3, 0.4) is 0 Å². The molecule has 0 saturated carbocycles. The van der Waals surface area contributed by atoms with E-state index in [1.54, 1.807) is 0 Å². The van der Waals surface area contributed by atoms with Gasteiger partial charge in [0.15, 0.2) is 5.79 Å². The van der Waals surface area contributed by atoms with E-state index in [4.69, 9.17) is 25.8 Å². The number of aliphatic hydroxyl groups excluding tert-OH is 1. The zero-order valence-electron chi connectivity index (χ0n) is 18.8. The lowest BCUT2D eigenvalue weighted by Gasteiger charge is -2.43. The number of likely N-dealkylation sites (tertiary alicyclic amines) is 1. The molecule has 9 atom stereocenters. The number of carbonyl (C=O) groups excluding carboxylic acids is 1. The Morgan fingerprint density at radius 3 is 2.63 bits per heavy atom. The van der Waals surface area contributed by atoms with Crippen LogP contribution in [-0.4, -0.2) is 88.9 Å². The van der Waals surface area contributed by atoms with Crippen LogP contribution in [0.25, 0.3) is 0 Å². The van der Waals surface area contributed by atoms with E-state index in [1.165, 1.54) is 11.8 Å². The molecule has 0 spiro atoms. The van der Waals surface area contributed by atoms with Gasteiger partial charge in [-0.2, -0.15) is 0 Å². The minimum atomic E-state index is -0.839. The highest BCUT2D eigenvalue weighted by molar-refractivity contribution is 7.99. The number of hydrogen-bond donors (Lipinski definition) is 2. The first kappa shape index (κ1) is 24.6. The summed E-state index contributed by atoms with van der Waals surface area (Å²) >= 11 is 7.97. The van der Waals surface area contributed by atoms with Gasteiger partial charge in [-0.1, -0.05) is 13.3 Å². The number of likely N-dealkylation sites (N-methyl/N-ethyl adjacent to an activating group) is 1. The molecule has 0 aromatic carbocycles. The van der Waals surface area contributed by atoms with Crippen molar-refractivity contribution in [1.29, 1.82) is 0 Å². The van der Waals surface area contributed by atoms with Gasteiger partial charge in [0, 0.05) is 6.54 Å². The zero-order valence-corrected chi connectivity index (χ0v) is 20.4. The Labute approximate surface area is 189 Å². The number of carbonyl (C=O) groups is 1. The third-order valence-electron chi connectivity index (χ3n) is 6.42. The summed E-state index contributed by atoms with van der Waals surface area (Å²) in [6, 6.07) is -0.636. The Morgan fingerprint density at radius 1 is 1.37 bits per heavy atom. The molecule has 9 heteroatoms. The SMILES string of the molecule is CCC[C@@H]1C[C@H](C(=O)N[C@@H]([C@H]2O[C@H](SC)[C@H](O)[C@H]3OC(C)(C)O[C@H]32)[C@@H](C)Cl)N(C)C1. The molecule has 0 aliphatic carbocycles. The molecule has 3 fully saturated rings. The average Bonchev–Trinajstić information content (AvgIpc) is 3.19. The van der Waals surface area contributed by atoms with Crippen LogP contribution < -0.4 is 5.32 Å². The molecule has 0 aromatic heterocycles. The Bertz CT molecular complexity index is 610. The zero-order chi connectivity index (χ0) is 22.2. The number of alkyl halides is 1. The summed E-state index contributed by atoms with van der Waals surface area (Å²) in [6.07, 6.45) is 2.60. The van der Waals surface area contributed by atoms with Gasteiger partial charge in [0.1, 0.15) is 29.9 Å². The molecule has 3 aliphatic rings. The molecule has 0 bridgehead atoms. The first-order chi connectivity index (χ1) is 14.1. The van der Waals surface area contributed by atoms with Crippen LogP contribution >= 0.6 is 23.4 Å². The lowest BCUT2D eigenvalue weighted by molar-refractivity contribution is -0.168. The monoisotopic (exact) mass is 464 g/mol. The van der Waals surface area contributed by atoms with Crippen molar-refractivity contribution in [2.24, 2.45) is 5.92 Å². The molecular weight excluding hydrogens is 428 g/mol. The lowest BCUT2D eigenvalue weighted by atomic mass is 9.92. The molecule has 0 aromatic rings. The highest BCUT2D eigenvalue weighted by atomic mass is 35.5. The second kappa shape index (κ2) is 9.81. The van der Waals surface area contributed by atoms with Crippen molar-refractivity contribution >= 4 is 29.3 Å². The predicted molar refractivity (Wildman–Crippen MR) is 119 cm³/mol. The van der Waals surface area contributed by atoms with E-state index in [2.05, 4.69) is 17.1 Å². The molecule has 2 N–H and O–H groups in total. The number of aliphatic hydroxyl groups is 1. The number of amides is 1. The van der Waals surface area contributed by atoms with Crippen LogP contribution in [0.15, 0.2) is 0 Å². The maximum absolute atomic E-state index is 13.2. The van der Waals surface area contributed by atoms with Crippen molar-refractivity contribution < 1.29 is 24.1 Å². The van der Waals surface area contributed by atoms with Gasteiger partial charge in [0.25, 0.3) is 0 Å².